The molecule has 3 heteroatoms. The van der Waals surface area contributed by atoms with Gasteiger partial charge in [0.2, 0.25) is 0 Å². The lowest BCUT2D eigenvalue weighted by atomic mass is 9.98. The summed E-state index contributed by atoms with van der Waals surface area (Å²) < 4.78 is 6.90. The maximum absolute atomic E-state index is 5.77. The minimum atomic E-state index is 0.597. The quantitative estimate of drug-likeness (QED) is 0.562. The van der Waals surface area contributed by atoms with Gasteiger partial charge in [0, 0.05) is 9.80 Å². The van der Waals surface area contributed by atoms with E-state index in [0.29, 0.717) is 5.92 Å². The summed E-state index contributed by atoms with van der Waals surface area (Å²) in [5, 5.41) is 1.00. The topological polar surface area (TPSA) is 9.23 Å². The van der Waals surface area contributed by atoms with Gasteiger partial charge in [-0.15, -0.1) is 0 Å². The molecule has 0 aromatic heterocycles. The molecule has 0 spiro atoms. The van der Waals surface area contributed by atoms with Gasteiger partial charge in [-0.3, -0.25) is 0 Å². The van der Waals surface area contributed by atoms with Crippen LogP contribution in [0.3, 0.4) is 0 Å². The molecule has 0 aliphatic rings. The Labute approximate surface area is 137 Å². The maximum Gasteiger partial charge on any atom is 0.119 e. The molecule has 1 atom stereocenters. The molecule has 0 aliphatic heterocycles. The average molecular weight is 398 g/mol. The molecular weight excluding hydrogens is 380 g/mol. The minimum Gasteiger partial charge on any atom is -0.494 e. The molecule has 0 saturated heterocycles. The van der Waals surface area contributed by atoms with E-state index in [2.05, 4.69) is 56.1 Å². The molecule has 0 amide bonds. The largest absolute Gasteiger partial charge is 0.494 e. The van der Waals surface area contributed by atoms with E-state index in [9.17, 15) is 0 Å². The third-order valence-electron chi connectivity index (χ3n) is 3.19. The van der Waals surface area contributed by atoms with Crippen LogP contribution < -0.4 is 4.74 Å². The van der Waals surface area contributed by atoms with Gasteiger partial charge in [-0.25, -0.2) is 0 Å². The number of hydrogen-bond donors (Lipinski definition) is 0. The van der Waals surface area contributed by atoms with Crippen LogP contribution in [0.4, 0.5) is 0 Å². The first-order valence-electron chi connectivity index (χ1n) is 6.76. The van der Waals surface area contributed by atoms with E-state index in [4.69, 9.17) is 4.74 Å². The molecule has 0 N–H and O–H groups in total. The van der Waals surface area contributed by atoms with Crippen molar-refractivity contribution >= 4 is 31.9 Å². The van der Waals surface area contributed by atoms with Crippen molar-refractivity contribution in [2.24, 2.45) is 5.92 Å². The zero-order valence-corrected chi connectivity index (χ0v) is 14.4. The van der Waals surface area contributed by atoms with E-state index in [1.54, 1.807) is 0 Å². The van der Waals surface area contributed by atoms with Crippen LogP contribution in [0.1, 0.15) is 12.0 Å². The van der Waals surface area contributed by atoms with Crippen molar-refractivity contribution in [3.63, 3.8) is 0 Å². The lowest BCUT2D eigenvalue weighted by molar-refractivity contribution is 0.285. The van der Waals surface area contributed by atoms with E-state index in [1.807, 2.05) is 30.3 Å². The molecule has 1 unspecified atom stereocenters. The average Bonchev–Trinajstić information content (AvgIpc) is 2.49. The van der Waals surface area contributed by atoms with Gasteiger partial charge in [-0.1, -0.05) is 62.2 Å². The van der Waals surface area contributed by atoms with Crippen molar-refractivity contribution < 1.29 is 4.74 Å². The summed E-state index contributed by atoms with van der Waals surface area (Å²) in [5.41, 5.74) is 1.37. The highest BCUT2D eigenvalue weighted by molar-refractivity contribution is 9.10. The van der Waals surface area contributed by atoms with E-state index < -0.39 is 0 Å². The summed E-state index contributed by atoms with van der Waals surface area (Å²) >= 11 is 7.08. The Kier molecular flexibility index (Phi) is 6.61. The minimum absolute atomic E-state index is 0.597. The highest BCUT2D eigenvalue weighted by atomic mass is 79.9. The molecule has 20 heavy (non-hydrogen) atoms. The number of para-hydroxylation sites is 1. The van der Waals surface area contributed by atoms with Crippen LogP contribution in [0, 0.1) is 5.92 Å². The Morgan fingerprint density at radius 1 is 0.950 bits per heavy atom. The fourth-order valence-corrected chi connectivity index (χ4v) is 2.86. The van der Waals surface area contributed by atoms with Crippen molar-refractivity contribution in [1.82, 2.24) is 0 Å². The van der Waals surface area contributed by atoms with Crippen LogP contribution in [0.15, 0.2) is 59.1 Å². The van der Waals surface area contributed by atoms with Gasteiger partial charge in [0.05, 0.1) is 6.61 Å². The van der Waals surface area contributed by atoms with Crippen LogP contribution in [-0.2, 0) is 6.42 Å². The Hall–Kier alpha value is -0.800. The smallest absolute Gasteiger partial charge is 0.119 e. The number of halogens is 2. The predicted octanol–water partition coefficient (Wildman–Crippen LogP) is 5.47. The van der Waals surface area contributed by atoms with Crippen molar-refractivity contribution in [1.29, 1.82) is 0 Å². The normalized spacial score (nSPS) is 12.1. The summed E-state index contributed by atoms with van der Waals surface area (Å²) in [6.07, 6.45) is 2.13. The molecule has 0 fully saturated rings. The number of ether oxygens (including phenoxy) is 1. The van der Waals surface area contributed by atoms with Crippen molar-refractivity contribution in [2.75, 3.05) is 11.9 Å². The molecule has 0 radical (unpaired) electrons. The van der Waals surface area contributed by atoms with E-state index in [-0.39, 0.29) is 0 Å². The lowest BCUT2D eigenvalue weighted by Crippen LogP contribution is -2.11. The van der Waals surface area contributed by atoms with Gasteiger partial charge in [0.15, 0.2) is 0 Å². The first-order chi connectivity index (χ1) is 9.78. The molecule has 0 saturated carbocycles. The molecule has 0 bridgehead atoms. The fraction of sp³-hybridized carbons (Fsp3) is 0.294. The second-order valence-electron chi connectivity index (χ2n) is 4.80. The Balaban J connectivity index is 1.79. The van der Waals surface area contributed by atoms with Crippen LogP contribution in [0.25, 0.3) is 0 Å². The molecule has 2 rings (SSSR count). The van der Waals surface area contributed by atoms with Gasteiger partial charge >= 0.3 is 0 Å². The highest BCUT2D eigenvalue weighted by Gasteiger charge is 2.09. The van der Waals surface area contributed by atoms with Gasteiger partial charge < -0.3 is 4.74 Å². The molecule has 2 aromatic rings. The number of benzene rings is 2. The first kappa shape index (κ1) is 15.6. The second-order valence-corrected chi connectivity index (χ2v) is 6.36. The van der Waals surface area contributed by atoms with Crippen LogP contribution >= 0.6 is 31.9 Å². The third kappa shape index (κ3) is 5.29. The zero-order valence-electron chi connectivity index (χ0n) is 11.3. The summed E-state index contributed by atoms with van der Waals surface area (Å²) in [4.78, 5) is 0. The van der Waals surface area contributed by atoms with Crippen LogP contribution in [-0.4, -0.2) is 11.9 Å². The second kappa shape index (κ2) is 8.48. The Bertz CT molecular complexity index is 496. The van der Waals surface area contributed by atoms with Gasteiger partial charge in [0.1, 0.15) is 5.75 Å². The number of alkyl halides is 1. The van der Waals surface area contributed by atoms with Crippen LogP contribution in [0.2, 0.25) is 0 Å². The molecule has 1 nitrogen and oxygen atoms in total. The monoisotopic (exact) mass is 396 g/mol. The summed E-state index contributed by atoms with van der Waals surface area (Å²) in [6.45, 7) is 0.761. The highest BCUT2D eigenvalue weighted by Crippen LogP contribution is 2.18. The zero-order chi connectivity index (χ0) is 14.2. The van der Waals surface area contributed by atoms with Crippen molar-refractivity contribution in [3.05, 3.63) is 64.6 Å². The summed E-state index contributed by atoms with van der Waals surface area (Å²) in [7, 11) is 0. The number of hydrogen-bond acceptors (Lipinski definition) is 1. The van der Waals surface area contributed by atoms with Crippen LogP contribution in [0.5, 0.6) is 5.75 Å². The summed E-state index contributed by atoms with van der Waals surface area (Å²) in [5.74, 6) is 1.55. The van der Waals surface area contributed by atoms with E-state index in [0.717, 1.165) is 35.0 Å². The third-order valence-corrected chi connectivity index (χ3v) is 4.64. The molecule has 0 heterocycles. The molecule has 0 aliphatic carbocycles. The molecule has 2 aromatic carbocycles. The molecular formula is C17H18Br2O. The lowest BCUT2D eigenvalue weighted by Gasteiger charge is -2.15. The van der Waals surface area contributed by atoms with Crippen molar-refractivity contribution in [3.8, 4) is 5.75 Å². The maximum atomic E-state index is 5.77. The first-order valence-corrected chi connectivity index (χ1v) is 8.67. The number of rotatable bonds is 7. The van der Waals surface area contributed by atoms with Gasteiger partial charge in [0.25, 0.3) is 0 Å². The fourth-order valence-electron chi connectivity index (χ4n) is 2.05. The standard InChI is InChI=1S/C17H18Br2O/c18-13-15(12-14-6-8-16(19)9-7-14)10-11-20-17-4-2-1-3-5-17/h1-9,15H,10-13H2. The van der Waals surface area contributed by atoms with Gasteiger partial charge in [-0.2, -0.15) is 0 Å². The van der Waals surface area contributed by atoms with E-state index in [1.165, 1.54) is 5.56 Å². The summed E-state index contributed by atoms with van der Waals surface area (Å²) in [6, 6.07) is 18.5. The SMILES string of the molecule is BrCC(CCOc1ccccc1)Cc1ccc(Br)cc1. The van der Waals surface area contributed by atoms with Gasteiger partial charge in [-0.05, 0) is 48.6 Å². The Morgan fingerprint density at radius 3 is 2.30 bits per heavy atom. The predicted molar refractivity (Wildman–Crippen MR) is 91.7 cm³/mol. The Morgan fingerprint density at radius 2 is 1.65 bits per heavy atom. The van der Waals surface area contributed by atoms with E-state index >= 15 is 0 Å². The molecule has 106 valence electrons. The van der Waals surface area contributed by atoms with Crippen molar-refractivity contribution in [2.45, 2.75) is 12.8 Å².